The van der Waals surface area contributed by atoms with E-state index < -0.39 is 0 Å². The monoisotopic (exact) mass is 414 g/mol. The predicted molar refractivity (Wildman–Crippen MR) is 95.9 cm³/mol. The number of carbonyl (C=O) groups excluding carboxylic acids is 3. The van der Waals surface area contributed by atoms with Crippen LogP contribution in [0, 0.1) is 0 Å². The van der Waals surface area contributed by atoms with Gasteiger partial charge in [0.1, 0.15) is 5.25 Å². The largest absolute Gasteiger partial charge is 0.468 e. The molecule has 130 valence electrons. The molecule has 1 saturated heterocycles. The van der Waals surface area contributed by atoms with E-state index >= 15 is 0 Å². The van der Waals surface area contributed by atoms with Gasteiger partial charge in [-0.05, 0) is 24.3 Å². The van der Waals surface area contributed by atoms with E-state index in [0.29, 0.717) is 24.4 Å². The fourth-order valence-corrected chi connectivity index (χ4v) is 3.69. The van der Waals surface area contributed by atoms with Crippen LogP contribution in [0.4, 0.5) is 0 Å². The fourth-order valence-electron chi connectivity index (χ4n) is 2.29. The van der Waals surface area contributed by atoms with Crippen LogP contribution in [0.5, 0.6) is 0 Å². The van der Waals surface area contributed by atoms with Crippen LogP contribution in [0.3, 0.4) is 0 Å². The maximum Gasteiger partial charge on any atom is 0.320 e. The second kappa shape index (κ2) is 9.08. The number of benzene rings is 1. The summed E-state index contributed by atoms with van der Waals surface area (Å²) in [6.07, 6.45) is 0.209. The molecule has 0 aliphatic carbocycles. The van der Waals surface area contributed by atoms with Gasteiger partial charge in [0, 0.05) is 41.8 Å². The third kappa shape index (κ3) is 5.24. The van der Waals surface area contributed by atoms with Crippen LogP contribution in [0.25, 0.3) is 0 Å². The Morgan fingerprint density at radius 2 is 2.04 bits per heavy atom. The number of ether oxygens (including phenoxy) is 1. The van der Waals surface area contributed by atoms with Crippen LogP contribution in [0.15, 0.2) is 28.7 Å². The SMILES string of the molecule is COC(=O)[C@H]1CN(C(=O)CCNC(=O)c2ccc(Br)cc2)CCS1. The number of esters is 1. The molecule has 0 aromatic heterocycles. The van der Waals surface area contributed by atoms with Crippen molar-refractivity contribution in [2.24, 2.45) is 0 Å². The van der Waals surface area contributed by atoms with E-state index in [1.54, 1.807) is 29.2 Å². The molecule has 1 aliphatic rings. The molecule has 0 spiro atoms. The van der Waals surface area contributed by atoms with Gasteiger partial charge < -0.3 is 15.0 Å². The van der Waals surface area contributed by atoms with Crippen molar-refractivity contribution in [2.75, 3.05) is 32.5 Å². The molecule has 1 heterocycles. The first-order chi connectivity index (χ1) is 11.5. The molecule has 24 heavy (non-hydrogen) atoms. The Labute approximate surface area is 153 Å². The smallest absolute Gasteiger partial charge is 0.320 e. The molecule has 1 aromatic rings. The number of nitrogens with zero attached hydrogens (tertiary/aromatic N) is 1. The second-order valence-corrected chi connectivity index (χ2v) is 7.46. The number of thioether (sulfide) groups is 1. The standard InChI is InChI=1S/C16H19BrN2O4S/c1-23-16(22)13-10-19(8-9-24-13)14(20)6-7-18-15(21)11-2-4-12(17)5-3-11/h2-5,13H,6-10H2,1H3,(H,18,21)/t13-/m1/s1. The number of amides is 2. The molecule has 6 nitrogen and oxygen atoms in total. The molecular formula is C16H19BrN2O4S. The van der Waals surface area contributed by atoms with Crippen molar-refractivity contribution in [1.29, 1.82) is 0 Å². The summed E-state index contributed by atoms with van der Waals surface area (Å²) in [4.78, 5) is 37.4. The lowest BCUT2D eigenvalue weighted by Gasteiger charge is -2.31. The van der Waals surface area contributed by atoms with E-state index in [1.807, 2.05) is 0 Å². The summed E-state index contributed by atoms with van der Waals surface area (Å²) in [5, 5.41) is 2.41. The molecule has 0 bridgehead atoms. The average Bonchev–Trinajstić information content (AvgIpc) is 2.61. The van der Waals surface area contributed by atoms with Gasteiger partial charge in [0.05, 0.1) is 7.11 Å². The molecule has 1 aliphatic heterocycles. The molecule has 1 N–H and O–H groups in total. The summed E-state index contributed by atoms with van der Waals surface area (Å²) in [5.41, 5.74) is 0.547. The van der Waals surface area contributed by atoms with Gasteiger partial charge in [0.15, 0.2) is 0 Å². The lowest BCUT2D eigenvalue weighted by atomic mass is 10.2. The zero-order valence-corrected chi connectivity index (χ0v) is 15.7. The zero-order chi connectivity index (χ0) is 17.5. The molecule has 2 rings (SSSR count). The molecule has 0 saturated carbocycles. The highest BCUT2D eigenvalue weighted by Gasteiger charge is 2.29. The van der Waals surface area contributed by atoms with Crippen molar-refractivity contribution < 1.29 is 19.1 Å². The van der Waals surface area contributed by atoms with Gasteiger partial charge in [-0.1, -0.05) is 15.9 Å². The molecular weight excluding hydrogens is 396 g/mol. The van der Waals surface area contributed by atoms with Crippen molar-refractivity contribution in [3.05, 3.63) is 34.3 Å². The number of nitrogens with one attached hydrogen (secondary N) is 1. The zero-order valence-electron chi connectivity index (χ0n) is 13.3. The van der Waals surface area contributed by atoms with Gasteiger partial charge in [-0.2, -0.15) is 0 Å². The molecule has 1 fully saturated rings. The Bertz CT molecular complexity index is 609. The summed E-state index contributed by atoms with van der Waals surface area (Å²) < 4.78 is 5.63. The topological polar surface area (TPSA) is 75.7 Å². The summed E-state index contributed by atoms with van der Waals surface area (Å²) in [6.45, 7) is 1.23. The van der Waals surface area contributed by atoms with Crippen LogP contribution in [0.1, 0.15) is 16.8 Å². The number of carbonyl (C=O) groups is 3. The molecule has 8 heteroatoms. The number of hydrogen-bond donors (Lipinski definition) is 1. The van der Waals surface area contributed by atoms with Gasteiger partial charge >= 0.3 is 5.97 Å². The fraction of sp³-hybridized carbons (Fsp3) is 0.438. The minimum Gasteiger partial charge on any atom is -0.468 e. The van der Waals surface area contributed by atoms with Gasteiger partial charge in [-0.25, -0.2) is 0 Å². The molecule has 1 aromatic carbocycles. The number of methoxy groups -OCH3 is 1. The highest BCUT2D eigenvalue weighted by molar-refractivity contribution is 9.10. The van der Waals surface area contributed by atoms with Crippen molar-refractivity contribution in [3.63, 3.8) is 0 Å². The van der Waals surface area contributed by atoms with E-state index in [1.165, 1.54) is 18.9 Å². The maximum atomic E-state index is 12.2. The van der Waals surface area contributed by atoms with Crippen LogP contribution < -0.4 is 5.32 Å². The normalized spacial score (nSPS) is 17.2. The third-order valence-corrected chi connectivity index (χ3v) is 5.30. The van der Waals surface area contributed by atoms with E-state index in [0.717, 1.165) is 4.47 Å². The van der Waals surface area contributed by atoms with Gasteiger partial charge in [-0.3, -0.25) is 14.4 Å². The molecule has 2 amide bonds. The average molecular weight is 415 g/mol. The Kier molecular flexibility index (Phi) is 7.11. The second-order valence-electron chi connectivity index (χ2n) is 5.24. The van der Waals surface area contributed by atoms with Crippen LogP contribution in [-0.4, -0.2) is 60.4 Å². The van der Waals surface area contributed by atoms with Gasteiger partial charge in [0.25, 0.3) is 5.91 Å². The van der Waals surface area contributed by atoms with Crippen molar-refractivity contribution in [1.82, 2.24) is 10.2 Å². The molecule has 0 radical (unpaired) electrons. The number of halogens is 1. The number of rotatable bonds is 5. The highest BCUT2D eigenvalue weighted by Crippen LogP contribution is 2.20. The van der Waals surface area contributed by atoms with Crippen molar-refractivity contribution >= 4 is 45.5 Å². The van der Waals surface area contributed by atoms with Crippen molar-refractivity contribution in [3.8, 4) is 0 Å². The van der Waals surface area contributed by atoms with Crippen LogP contribution >= 0.6 is 27.7 Å². The Balaban J connectivity index is 1.77. The van der Waals surface area contributed by atoms with Crippen LogP contribution in [0.2, 0.25) is 0 Å². The summed E-state index contributed by atoms with van der Waals surface area (Å²) >= 11 is 4.82. The van der Waals surface area contributed by atoms with Crippen LogP contribution in [-0.2, 0) is 14.3 Å². The summed E-state index contributed by atoms with van der Waals surface area (Å²) in [5.74, 6) is 0.120. The van der Waals surface area contributed by atoms with Gasteiger partial charge in [0.2, 0.25) is 5.91 Å². The van der Waals surface area contributed by atoms with E-state index in [4.69, 9.17) is 4.74 Å². The number of hydrogen-bond acceptors (Lipinski definition) is 5. The first-order valence-electron chi connectivity index (χ1n) is 7.52. The quantitative estimate of drug-likeness (QED) is 0.741. The predicted octanol–water partition coefficient (Wildman–Crippen LogP) is 1.69. The van der Waals surface area contributed by atoms with E-state index in [-0.39, 0.29) is 36.0 Å². The lowest BCUT2D eigenvalue weighted by molar-refractivity contribution is -0.141. The van der Waals surface area contributed by atoms with E-state index in [2.05, 4.69) is 21.2 Å². The lowest BCUT2D eigenvalue weighted by Crippen LogP contribution is -2.45. The molecule has 0 unspecified atom stereocenters. The minimum atomic E-state index is -0.329. The third-order valence-electron chi connectivity index (χ3n) is 3.61. The first-order valence-corrected chi connectivity index (χ1v) is 9.36. The summed E-state index contributed by atoms with van der Waals surface area (Å²) in [6, 6.07) is 7.00. The first kappa shape index (κ1) is 18.8. The Morgan fingerprint density at radius 3 is 2.71 bits per heavy atom. The van der Waals surface area contributed by atoms with Gasteiger partial charge in [-0.15, -0.1) is 11.8 Å². The minimum absolute atomic E-state index is 0.0692. The van der Waals surface area contributed by atoms with E-state index in [9.17, 15) is 14.4 Å². The highest BCUT2D eigenvalue weighted by atomic mass is 79.9. The summed E-state index contributed by atoms with van der Waals surface area (Å²) in [7, 11) is 1.35. The van der Waals surface area contributed by atoms with Crippen molar-refractivity contribution in [2.45, 2.75) is 11.7 Å². The maximum absolute atomic E-state index is 12.2. The Morgan fingerprint density at radius 1 is 1.33 bits per heavy atom. The Hall–Kier alpha value is -1.54. The molecule has 1 atom stereocenters.